The Bertz CT molecular complexity index is 589. The van der Waals surface area contributed by atoms with Crippen molar-refractivity contribution < 1.29 is 5.11 Å². The largest absolute Gasteiger partial charge is 0.387 e. The highest BCUT2D eigenvalue weighted by molar-refractivity contribution is 7.99. The Kier molecular flexibility index (Phi) is 5.32. The van der Waals surface area contributed by atoms with Gasteiger partial charge in [0.05, 0.1) is 6.10 Å². The van der Waals surface area contributed by atoms with Gasteiger partial charge in [-0.1, -0.05) is 41.0 Å². The Labute approximate surface area is 132 Å². The second-order valence-electron chi connectivity index (χ2n) is 4.61. The molecule has 0 bridgehead atoms. The highest BCUT2D eigenvalue weighted by Crippen LogP contribution is 2.30. The molecule has 4 nitrogen and oxygen atoms in total. The third kappa shape index (κ3) is 3.67. The maximum absolute atomic E-state index is 10.2. The van der Waals surface area contributed by atoms with E-state index in [1.54, 1.807) is 24.5 Å². The summed E-state index contributed by atoms with van der Waals surface area (Å²) in [5.41, 5.74) is 0.666. The van der Waals surface area contributed by atoms with E-state index in [1.807, 2.05) is 4.57 Å². The molecule has 0 aliphatic rings. The zero-order chi connectivity index (χ0) is 14.7. The monoisotopic (exact) mass is 331 g/mol. The van der Waals surface area contributed by atoms with Crippen LogP contribution in [0.2, 0.25) is 10.0 Å². The number of nitrogens with zero attached hydrogens (tertiary/aromatic N) is 3. The maximum atomic E-state index is 10.2. The van der Waals surface area contributed by atoms with Crippen LogP contribution in [-0.4, -0.2) is 25.6 Å². The van der Waals surface area contributed by atoms with Gasteiger partial charge in [-0.25, -0.2) is 0 Å². The number of halogens is 2. The molecule has 0 saturated heterocycles. The molecule has 108 valence electrons. The highest BCUT2D eigenvalue weighted by Gasteiger charge is 2.15. The summed E-state index contributed by atoms with van der Waals surface area (Å²) < 4.78 is 1.96. The predicted molar refractivity (Wildman–Crippen MR) is 82.6 cm³/mol. The first kappa shape index (κ1) is 15.6. The van der Waals surface area contributed by atoms with Crippen LogP contribution in [0.1, 0.15) is 31.6 Å². The van der Waals surface area contributed by atoms with E-state index in [2.05, 4.69) is 24.0 Å². The summed E-state index contributed by atoms with van der Waals surface area (Å²) in [6.45, 7) is 4.11. The predicted octanol–water partition coefficient (Wildman–Crippen LogP) is 3.99. The number of thioether (sulfide) groups is 1. The Morgan fingerprint density at radius 3 is 2.75 bits per heavy atom. The molecule has 2 aromatic rings. The highest BCUT2D eigenvalue weighted by atomic mass is 35.5. The third-order valence-electron chi connectivity index (χ3n) is 2.79. The second kappa shape index (κ2) is 6.80. The molecule has 0 aliphatic carbocycles. The molecule has 20 heavy (non-hydrogen) atoms. The second-order valence-corrected chi connectivity index (χ2v) is 6.44. The maximum Gasteiger partial charge on any atom is 0.191 e. The lowest BCUT2D eigenvalue weighted by Crippen LogP contribution is -2.05. The van der Waals surface area contributed by atoms with Crippen molar-refractivity contribution in [2.75, 3.05) is 5.75 Å². The SMILES string of the molecule is CC(C)n1cnnc1SCC(O)c1ccc(Cl)cc1Cl. The zero-order valence-electron chi connectivity index (χ0n) is 11.1. The van der Waals surface area contributed by atoms with Crippen LogP contribution < -0.4 is 0 Å². The number of rotatable bonds is 5. The van der Waals surface area contributed by atoms with Crippen LogP contribution in [0.15, 0.2) is 29.7 Å². The molecule has 7 heteroatoms. The molecule has 1 heterocycles. The molecule has 0 saturated carbocycles. The van der Waals surface area contributed by atoms with Crippen LogP contribution in [0.4, 0.5) is 0 Å². The summed E-state index contributed by atoms with van der Waals surface area (Å²) in [5, 5.41) is 20.0. The fourth-order valence-corrected chi connectivity index (χ4v) is 3.24. The van der Waals surface area contributed by atoms with Crippen molar-refractivity contribution in [3.63, 3.8) is 0 Å². The smallest absolute Gasteiger partial charge is 0.191 e. The van der Waals surface area contributed by atoms with Gasteiger partial charge in [-0.05, 0) is 26.0 Å². The molecule has 0 fully saturated rings. The van der Waals surface area contributed by atoms with Crippen LogP contribution in [0, 0.1) is 0 Å². The van der Waals surface area contributed by atoms with Gasteiger partial charge in [-0.3, -0.25) is 0 Å². The summed E-state index contributed by atoms with van der Waals surface area (Å²) in [6, 6.07) is 5.36. The molecular weight excluding hydrogens is 317 g/mol. The van der Waals surface area contributed by atoms with Crippen molar-refractivity contribution in [2.45, 2.75) is 31.1 Å². The molecule has 1 atom stereocenters. The molecule has 2 rings (SSSR count). The van der Waals surface area contributed by atoms with E-state index in [0.29, 0.717) is 21.4 Å². The van der Waals surface area contributed by atoms with Crippen molar-refractivity contribution in [2.24, 2.45) is 0 Å². The minimum atomic E-state index is -0.679. The van der Waals surface area contributed by atoms with Gasteiger partial charge < -0.3 is 9.67 Å². The van der Waals surface area contributed by atoms with E-state index < -0.39 is 6.10 Å². The van der Waals surface area contributed by atoms with Crippen LogP contribution >= 0.6 is 35.0 Å². The molecule has 1 N–H and O–H groups in total. The van der Waals surface area contributed by atoms with Crippen LogP contribution in [0.5, 0.6) is 0 Å². The van der Waals surface area contributed by atoms with Crippen molar-refractivity contribution in [3.05, 3.63) is 40.1 Å². The summed E-state index contributed by atoms with van der Waals surface area (Å²) in [5.74, 6) is 0.451. The molecular formula is C13H15Cl2N3OS. The van der Waals surface area contributed by atoms with E-state index in [1.165, 1.54) is 11.8 Å². The van der Waals surface area contributed by atoms with Gasteiger partial charge >= 0.3 is 0 Å². The van der Waals surface area contributed by atoms with Gasteiger partial charge in [0.1, 0.15) is 6.33 Å². The number of hydrogen-bond donors (Lipinski definition) is 1. The summed E-state index contributed by atoms with van der Waals surface area (Å²) in [6.07, 6.45) is 1.01. The fraction of sp³-hybridized carbons (Fsp3) is 0.385. The quantitative estimate of drug-likeness (QED) is 0.841. The fourth-order valence-electron chi connectivity index (χ4n) is 1.70. The van der Waals surface area contributed by atoms with E-state index in [9.17, 15) is 5.11 Å². The zero-order valence-corrected chi connectivity index (χ0v) is 13.5. The van der Waals surface area contributed by atoms with Crippen LogP contribution in [-0.2, 0) is 0 Å². The molecule has 0 amide bonds. The van der Waals surface area contributed by atoms with Gasteiger partial charge in [0.25, 0.3) is 0 Å². The van der Waals surface area contributed by atoms with Gasteiger partial charge in [-0.2, -0.15) is 0 Å². The van der Waals surface area contributed by atoms with Gasteiger partial charge in [0, 0.05) is 27.4 Å². The van der Waals surface area contributed by atoms with Crippen molar-refractivity contribution in [3.8, 4) is 0 Å². The molecule has 1 unspecified atom stereocenters. The van der Waals surface area contributed by atoms with Gasteiger partial charge in [0.15, 0.2) is 5.16 Å². The Hall–Kier alpha value is -0.750. The van der Waals surface area contributed by atoms with E-state index >= 15 is 0 Å². The topological polar surface area (TPSA) is 50.9 Å². The lowest BCUT2D eigenvalue weighted by molar-refractivity contribution is 0.204. The standard InChI is InChI=1S/C13H15Cl2N3OS/c1-8(2)18-7-16-17-13(18)20-6-12(19)10-4-3-9(14)5-11(10)15/h3-5,7-8,12,19H,6H2,1-2H3. The van der Waals surface area contributed by atoms with Crippen molar-refractivity contribution in [1.82, 2.24) is 14.8 Å². The molecule has 0 aliphatic heterocycles. The minimum absolute atomic E-state index is 0.281. The van der Waals surface area contributed by atoms with E-state index in [-0.39, 0.29) is 6.04 Å². The average Bonchev–Trinajstić information content (AvgIpc) is 2.84. The summed E-state index contributed by atoms with van der Waals surface area (Å²) in [4.78, 5) is 0. The molecule has 1 aromatic carbocycles. The number of benzene rings is 1. The molecule has 0 spiro atoms. The normalized spacial score (nSPS) is 12.9. The lowest BCUT2D eigenvalue weighted by atomic mass is 10.1. The first-order chi connectivity index (χ1) is 9.49. The van der Waals surface area contributed by atoms with Crippen molar-refractivity contribution >= 4 is 35.0 Å². The number of hydrogen-bond acceptors (Lipinski definition) is 4. The number of aliphatic hydroxyl groups is 1. The minimum Gasteiger partial charge on any atom is -0.387 e. The van der Waals surface area contributed by atoms with E-state index in [4.69, 9.17) is 23.2 Å². The van der Waals surface area contributed by atoms with Gasteiger partial charge in [0.2, 0.25) is 0 Å². The van der Waals surface area contributed by atoms with Gasteiger partial charge in [-0.15, -0.1) is 10.2 Å². The van der Waals surface area contributed by atoms with Crippen LogP contribution in [0.3, 0.4) is 0 Å². The van der Waals surface area contributed by atoms with E-state index in [0.717, 1.165) is 5.16 Å². The first-order valence-electron chi connectivity index (χ1n) is 6.14. The Morgan fingerprint density at radius 2 is 2.10 bits per heavy atom. The lowest BCUT2D eigenvalue weighted by Gasteiger charge is -2.14. The Balaban J connectivity index is 2.05. The summed E-state index contributed by atoms with van der Waals surface area (Å²) in [7, 11) is 0. The number of aromatic nitrogens is 3. The molecule has 1 aromatic heterocycles. The Morgan fingerprint density at radius 1 is 1.35 bits per heavy atom. The number of aliphatic hydroxyl groups excluding tert-OH is 1. The molecule has 0 radical (unpaired) electrons. The average molecular weight is 332 g/mol. The third-order valence-corrected chi connectivity index (χ3v) is 4.38. The van der Waals surface area contributed by atoms with Crippen LogP contribution in [0.25, 0.3) is 0 Å². The summed E-state index contributed by atoms with van der Waals surface area (Å²) >= 11 is 13.4. The first-order valence-corrected chi connectivity index (χ1v) is 7.88. The van der Waals surface area contributed by atoms with Crippen molar-refractivity contribution in [1.29, 1.82) is 0 Å².